The molecule has 0 saturated carbocycles. The standard InChI is InChI=1S/C29H31F3N6O3/c1-18(19-2-4-20(5-3-19)24-14-23(29(30,31)32)7-6-21(24)15-33)35-26(39)25-8-9-34-28(36-25)38-12-10-37(11-13-38)27(40)22-16-41-17-22/h2-9,14,18,22H,10-13,15-17,33H2,1H3,(H,35,39)/t18-/m1/s1. The number of rotatable bonds is 7. The van der Waals surface area contributed by atoms with Gasteiger partial charge >= 0.3 is 6.18 Å². The van der Waals surface area contributed by atoms with Gasteiger partial charge in [-0.1, -0.05) is 30.3 Å². The number of piperazine rings is 1. The van der Waals surface area contributed by atoms with Crippen molar-refractivity contribution < 1.29 is 27.5 Å². The number of ether oxygens (including phenoxy) is 1. The molecule has 2 aliphatic rings. The Bertz CT molecular complexity index is 1400. The molecule has 2 saturated heterocycles. The zero-order chi connectivity index (χ0) is 29.1. The monoisotopic (exact) mass is 568 g/mol. The zero-order valence-corrected chi connectivity index (χ0v) is 22.5. The topological polar surface area (TPSA) is 114 Å². The molecule has 0 aliphatic carbocycles. The number of hydrogen-bond acceptors (Lipinski definition) is 7. The third-order valence-electron chi connectivity index (χ3n) is 7.46. The van der Waals surface area contributed by atoms with E-state index < -0.39 is 17.8 Å². The quantitative estimate of drug-likeness (QED) is 0.449. The highest BCUT2D eigenvalue weighted by Gasteiger charge is 2.33. The lowest BCUT2D eigenvalue weighted by Gasteiger charge is -2.38. The van der Waals surface area contributed by atoms with E-state index in [0.29, 0.717) is 62.0 Å². The van der Waals surface area contributed by atoms with Crippen molar-refractivity contribution in [3.05, 3.63) is 77.1 Å². The number of nitrogens with two attached hydrogens (primary N) is 1. The maximum atomic E-state index is 13.3. The summed E-state index contributed by atoms with van der Waals surface area (Å²) in [7, 11) is 0. The van der Waals surface area contributed by atoms with Crippen molar-refractivity contribution in [2.75, 3.05) is 44.3 Å². The minimum absolute atomic E-state index is 0.0491. The highest BCUT2D eigenvalue weighted by molar-refractivity contribution is 5.92. The van der Waals surface area contributed by atoms with E-state index in [9.17, 15) is 22.8 Å². The average molecular weight is 569 g/mol. The normalized spacial score (nSPS) is 16.7. The van der Waals surface area contributed by atoms with Crippen LogP contribution in [0.2, 0.25) is 0 Å². The summed E-state index contributed by atoms with van der Waals surface area (Å²) in [5.41, 5.74) is 7.63. The minimum Gasteiger partial charge on any atom is -0.380 e. The van der Waals surface area contributed by atoms with Crippen LogP contribution in [0.5, 0.6) is 0 Å². The van der Waals surface area contributed by atoms with Crippen LogP contribution in [0.15, 0.2) is 54.7 Å². The Hall–Kier alpha value is -4.03. The van der Waals surface area contributed by atoms with Gasteiger partial charge < -0.3 is 25.6 Å². The molecule has 3 heterocycles. The Kier molecular flexibility index (Phi) is 8.22. The van der Waals surface area contributed by atoms with Crippen molar-refractivity contribution >= 4 is 17.8 Å². The van der Waals surface area contributed by atoms with Crippen molar-refractivity contribution in [2.24, 2.45) is 11.7 Å². The first kappa shape index (κ1) is 28.5. The molecule has 2 amide bonds. The van der Waals surface area contributed by atoms with Crippen LogP contribution in [-0.2, 0) is 22.3 Å². The number of carbonyl (C=O) groups excluding carboxylic acids is 2. The van der Waals surface area contributed by atoms with Gasteiger partial charge in [0.2, 0.25) is 11.9 Å². The molecule has 41 heavy (non-hydrogen) atoms. The molecule has 0 radical (unpaired) electrons. The molecule has 2 aromatic carbocycles. The third kappa shape index (κ3) is 6.33. The molecule has 1 atom stereocenters. The van der Waals surface area contributed by atoms with Crippen molar-refractivity contribution in [3.8, 4) is 11.1 Å². The Balaban J connectivity index is 1.22. The molecule has 2 fully saturated rings. The number of hydrogen-bond donors (Lipinski definition) is 2. The Morgan fingerprint density at radius 2 is 1.78 bits per heavy atom. The van der Waals surface area contributed by atoms with Crippen LogP contribution in [0, 0.1) is 5.92 Å². The number of anilines is 1. The van der Waals surface area contributed by atoms with E-state index >= 15 is 0 Å². The maximum absolute atomic E-state index is 13.3. The fraction of sp³-hybridized carbons (Fsp3) is 0.379. The Morgan fingerprint density at radius 3 is 2.39 bits per heavy atom. The number of amides is 2. The first-order valence-corrected chi connectivity index (χ1v) is 13.4. The fourth-order valence-electron chi connectivity index (χ4n) is 4.90. The van der Waals surface area contributed by atoms with Gasteiger partial charge in [-0.15, -0.1) is 0 Å². The summed E-state index contributed by atoms with van der Waals surface area (Å²) >= 11 is 0. The molecule has 12 heteroatoms. The van der Waals surface area contributed by atoms with Crippen LogP contribution in [0.25, 0.3) is 11.1 Å². The van der Waals surface area contributed by atoms with E-state index in [0.717, 1.165) is 17.7 Å². The second-order valence-corrected chi connectivity index (χ2v) is 10.2. The summed E-state index contributed by atoms with van der Waals surface area (Å²) in [4.78, 5) is 38.0. The summed E-state index contributed by atoms with van der Waals surface area (Å²) in [5, 5.41) is 2.92. The number of benzene rings is 2. The van der Waals surface area contributed by atoms with Gasteiger partial charge in [-0.2, -0.15) is 13.2 Å². The second kappa shape index (κ2) is 11.8. The summed E-state index contributed by atoms with van der Waals surface area (Å²) in [5.74, 6) is 0.103. The van der Waals surface area contributed by atoms with Gasteiger partial charge in [-0.3, -0.25) is 9.59 Å². The van der Waals surface area contributed by atoms with Crippen LogP contribution < -0.4 is 16.0 Å². The van der Waals surface area contributed by atoms with Gasteiger partial charge in [-0.25, -0.2) is 9.97 Å². The summed E-state index contributed by atoms with van der Waals surface area (Å²) in [6, 6.07) is 11.7. The van der Waals surface area contributed by atoms with E-state index in [1.54, 1.807) is 24.3 Å². The molecule has 3 aromatic rings. The predicted octanol–water partition coefficient (Wildman–Crippen LogP) is 3.41. The number of nitrogens with one attached hydrogen (secondary N) is 1. The molecule has 2 aliphatic heterocycles. The van der Waals surface area contributed by atoms with Gasteiger partial charge in [0.15, 0.2) is 0 Å². The van der Waals surface area contributed by atoms with E-state index in [1.807, 2.05) is 16.7 Å². The first-order chi connectivity index (χ1) is 19.6. The largest absolute Gasteiger partial charge is 0.416 e. The molecule has 3 N–H and O–H groups in total. The van der Waals surface area contributed by atoms with E-state index in [1.165, 1.54) is 18.3 Å². The lowest BCUT2D eigenvalue weighted by Crippen LogP contribution is -2.53. The molecule has 5 rings (SSSR count). The third-order valence-corrected chi connectivity index (χ3v) is 7.46. The van der Waals surface area contributed by atoms with Gasteiger partial charge in [-0.05, 0) is 47.4 Å². The van der Waals surface area contributed by atoms with Crippen LogP contribution >= 0.6 is 0 Å². The number of alkyl halides is 3. The van der Waals surface area contributed by atoms with E-state index in [4.69, 9.17) is 10.5 Å². The second-order valence-electron chi connectivity index (χ2n) is 10.2. The first-order valence-electron chi connectivity index (χ1n) is 13.4. The molecule has 216 valence electrons. The fourth-order valence-corrected chi connectivity index (χ4v) is 4.90. The molecule has 0 spiro atoms. The van der Waals surface area contributed by atoms with E-state index in [-0.39, 0.29) is 30.0 Å². The van der Waals surface area contributed by atoms with Crippen molar-refractivity contribution in [1.82, 2.24) is 20.2 Å². The SMILES string of the molecule is C[C@@H](NC(=O)c1ccnc(N2CCN(C(=O)C3COC3)CC2)n1)c1ccc(-c2cc(C(F)(F)F)ccc2CN)cc1. The number of aromatic nitrogens is 2. The van der Waals surface area contributed by atoms with Crippen LogP contribution in [0.1, 0.15) is 40.1 Å². The van der Waals surface area contributed by atoms with Crippen molar-refractivity contribution in [3.63, 3.8) is 0 Å². The molecular weight excluding hydrogens is 537 g/mol. The van der Waals surface area contributed by atoms with Crippen LogP contribution in [0.4, 0.5) is 19.1 Å². The highest BCUT2D eigenvalue weighted by Crippen LogP contribution is 2.34. The summed E-state index contributed by atoms with van der Waals surface area (Å²) < 4.78 is 44.9. The van der Waals surface area contributed by atoms with Gasteiger partial charge in [0.25, 0.3) is 5.91 Å². The van der Waals surface area contributed by atoms with Crippen LogP contribution in [-0.4, -0.2) is 66.1 Å². The Morgan fingerprint density at radius 1 is 1.07 bits per heavy atom. The molecule has 9 nitrogen and oxygen atoms in total. The highest BCUT2D eigenvalue weighted by atomic mass is 19.4. The predicted molar refractivity (Wildman–Crippen MR) is 146 cm³/mol. The number of halogens is 3. The van der Waals surface area contributed by atoms with Gasteiger partial charge in [0.05, 0.1) is 30.7 Å². The summed E-state index contributed by atoms with van der Waals surface area (Å²) in [6.07, 6.45) is -2.93. The average Bonchev–Trinajstić information content (AvgIpc) is 2.95. The Labute approximate surface area is 235 Å². The van der Waals surface area contributed by atoms with Gasteiger partial charge in [0, 0.05) is 38.9 Å². The zero-order valence-electron chi connectivity index (χ0n) is 22.5. The van der Waals surface area contributed by atoms with Crippen molar-refractivity contribution in [2.45, 2.75) is 25.7 Å². The van der Waals surface area contributed by atoms with Crippen LogP contribution in [0.3, 0.4) is 0 Å². The van der Waals surface area contributed by atoms with E-state index in [2.05, 4.69) is 15.3 Å². The van der Waals surface area contributed by atoms with Gasteiger partial charge in [0.1, 0.15) is 5.69 Å². The molecule has 0 bridgehead atoms. The minimum atomic E-state index is -4.46. The lowest BCUT2D eigenvalue weighted by atomic mass is 9.95. The number of nitrogens with zero attached hydrogens (tertiary/aromatic N) is 4. The summed E-state index contributed by atoms with van der Waals surface area (Å²) in [6.45, 7) is 5.10. The smallest absolute Gasteiger partial charge is 0.380 e. The van der Waals surface area contributed by atoms with Crippen molar-refractivity contribution in [1.29, 1.82) is 0 Å². The lowest BCUT2D eigenvalue weighted by molar-refractivity contribution is -0.150. The number of carbonyl (C=O) groups is 2. The molecule has 1 aromatic heterocycles. The molecule has 0 unspecified atom stereocenters. The maximum Gasteiger partial charge on any atom is 0.416 e. The molecular formula is C29H31F3N6O3.